The molecule has 1 aromatic heterocycles. The van der Waals surface area contributed by atoms with E-state index in [4.69, 9.17) is 4.98 Å². The molecule has 128 valence electrons. The third kappa shape index (κ3) is 2.98. The molecule has 2 heterocycles. The maximum absolute atomic E-state index is 13.4. The quantitative estimate of drug-likeness (QED) is 0.737. The van der Waals surface area contributed by atoms with Crippen LogP contribution in [0.3, 0.4) is 0 Å². The summed E-state index contributed by atoms with van der Waals surface area (Å²) >= 11 is 0. The minimum Gasteiger partial charge on any atom is -0.386 e. The van der Waals surface area contributed by atoms with Gasteiger partial charge >= 0.3 is 0 Å². The van der Waals surface area contributed by atoms with Crippen LogP contribution >= 0.6 is 0 Å². The topological polar surface area (TPSA) is 37.0 Å². The standard InChI is InChI=1S/C21H22FN3/c1-23-21-19(14-10-12-24-13-11-14)17-4-2-3-5-18(17)25-20(21)15-6-8-16(22)9-7-15/h2-9,14,23-24H,10-13H2,1H3. The summed E-state index contributed by atoms with van der Waals surface area (Å²) in [5.74, 6) is 0.268. The number of pyridine rings is 1. The number of hydrogen-bond acceptors (Lipinski definition) is 3. The number of anilines is 1. The first-order valence-corrected chi connectivity index (χ1v) is 8.85. The van der Waals surface area contributed by atoms with Crippen molar-refractivity contribution in [2.24, 2.45) is 0 Å². The number of piperidine rings is 1. The fourth-order valence-electron chi connectivity index (χ4n) is 3.84. The Labute approximate surface area is 147 Å². The molecule has 0 saturated carbocycles. The van der Waals surface area contributed by atoms with Gasteiger partial charge in [0.2, 0.25) is 0 Å². The SMILES string of the molecule is CNc1c(-c2ccc(F)cc2)nc2ccccc2c1C1CCNCC1. The number of benzene rings is 2. The van der Waals surface area contributed by atoms with Crippen molar-refractivity contribution in [2.75, 3.05) is 25.5 Å². The number of aromatic nitrogens is 1. The first-order chi connectivity index (χ1) is 12.3. The van der Waals surface area contributed by atoms with E-state index in [1.807, 2.05) is 13.1 Å². The molecule has 3 aromatic rings. The van der Waals surface area contributed by atoms with Crippen molar-refractivity contribution in [2.45, 2.75) is 18.8 Å². The van der Waals surface area contributed by atoms with E-state index >= 15 is 0 Å². The molecule has 0 spiro atoms. The normalized spacial score (nSPS) is 15.4. The van der Waals surface area contributed by atoms with Gasteiger partial charge in [0, 0.05) is 18.0 Å². The van der Waals surface area contributed by atoms with Gasteiger partial charge in [0.15, 0.2) is 0 Å². The van der Waals surface area contributed by atoms with Crippen molar-refractivity contribution in [3.63, 3.8) is 0 Å². The summed E-state index contributed by atoms with van der Waals surface area (Å²) in [4.78, 5) is 4.90. The van der Waals surface area contributed by atoms with Crippen molar-refractivity contribution < 1.29 is 4.39 Å². The van der Waals surface area contributed by atoms with E-state index < -0.39 is 0 Å². The zero-order chi connectivity index (χ0) is 17.2. The highest BCUT2D eigenvalue weighted by atomic mass is 19.1. The third-order valence-corrected chi connectivity index (χ3v) is 5.05. The molecule has 1 fully saturated rings. The van der Waals surface area contributed by atoms with E-state index in [0.29, 0.717) is 5.92 Å². The molecule has 1 aliphatic rings. The molecule has 4 rings (SSSR count). The number of hydrogen-bond donors (Lipinski definition) is 2. The van der Waals surface area contributed by atoms with Gasteiger partial charge in [-0.25, -0.2) is 9.37 Å². The number of fused-ring (bicyclic) bond motifs is 1. The monoisotopic (exact) mass is 335 g/mol. The summed E-state index contributed by atoms with van der Waals surface area (Å²) in [6.07, 6.45) is 2.23. The summed E-state index contributed by atoms with van der Waals surface area (Å²) in [6.45, 7) is 2.08. The molecule has 0 aliphatic carbocycles. The number of nitrogens with one attached hydrogen (secondary N) is 2. The van der Waals surface area contributed by atoms with Crippen LogP contribution in [0.4, 0.5) is 10.1 Å². The molecule has 2 aromatic carbocycles. The van der Waals surface area contributed by atoms with E-state index in [-0.39, 0.29) is 5.82 Å². The maximum Gasteiger partial charge on any atom is 0.123 e. The minimum absolute atomic E-state index is 0.228. The highest BCUT2D eigenvalue weighted by molar-refractivity contribution is 5.93. The molecule has 3 nitrogen and oxygen atoms in total. The van der Waals surface area contributed by atoms with Crippen LogP contribution in [0.15, 0.2) is 48.5 Å². The number of nitrogens with zero attached hydrogens (tertiary/aromatic N) is 1. The molecule has 0 bridgehead atoms. The molecule has 0 amide bonds. The fourth-order valence-corrected chi connectivity index (χ4v) is 3.84. The lowest BCUT2D eigenvalue weighted by Crippen LogP contribution is -2.27. The molecule has 0 unspecified atom stereocenters. The summed E-state index contributed by atoms with van der Waals surface area (Å²) in [5, 5.41) is 8.05. The van der Waals surface area contributed by atoms with Crippen LogP contribution in [0.2, 0.25) is 0 Å². The summed E-state index contributed by atoms with van der Waals surface area (Å²) in [7, 11) is 1.95. The third-order valence-electron chi connectivity index (χ3n) is 5.05. The van der Waals surface area contributed by atoms with Gasteiger partial charge in [-0.3, -0.25) is 0 Å². The predicted molar refractivity (Wildman–Crippen MR) is 102 cm³/mol. The van der Waals surface area contributed by atoms with Gasteiger partial charge in [-0.05, 0) is 67.7 Å². The number of para-hydroxylation sites is 1. The number of rotatable bonds is 3. The van der Waals surface area contributed by atoms with Gasteiger partial charge in [0.1, 0.15) is 5.82 Å². The minimum atomic E-state index is -0.228. The van der Waals surface area contributed by atoms with E-state index in [9.17, 15) is 4.39 Å². The Balaban J connectivity index is 1.98. The Kier molecular flexibility index (Phi) is 4.36. The molecule has 2 N–H and O–H groups in total. The first-order valence-electron chi connectivity index (χ1n) is 8.85. The molecule has 0 atom stereocenters. The van der Waals surface area contributed by atoms with Crippen LogP contribution in [0.1, 0.15) is 24.3 Å². The lowest BCUT2D eigenvalue weighted by atomic mass is 9.85. The second-order valence-corrected chi connectivity index (χ2v) is 6.55. The molecule has 1 aliphatic heterocycles. The van der Waals surface area contributed by atoms with Crippen LogP contribution in [-0.4, -0.2) is 25.1 Å². The van der Waals surface area contributed by atoms with Gasteiger partial charge in [-0.2, -0.15) is 0 Å². The van der Waals surface area contributed by atoms with E-state index in [1.54, 1.807) is 12.1 Å². The van der Waals surface area contributed by atoms with E-state index in [1.165, 1.54) is 23.1 Å². The highest BCUT2D eigenvalue weighted by Crippen LogP contribution is 2.41. The summed E-state index contributed by atoms with van der Waals surface area (Å²) in [6, 6.07) is 14.9. The molecule has 0 radical (unpaired) electrons. The molecule has 25 heavy (non-hydrogen) atoms. The van der Waals surface area contributed by atoms with Gasteiger partial charge in [-0.1, -0.05) is 18.2 Å². The van der Waals surface area contributed by atoms with Crippen molar-refractivity contribution in [1.29, 1.82) is 0 Å². The van der Waals surface area contributed by atoms with Crippen molar-refractivity contribution in [3.8, 4) is 11.3 Å². The summed E-state index contributed by atoms with van der Waals surface area (Å²) in [5.41, 5.74) is 5.24. The summed E-state index contributed by atoms with van der Waals surface area (Å²) < 4.78 is 13.4. The van der Waals surface area contributed by atoms with Crippen LogP contribution in [0.25, 0.3) is 22.2 Å². The zero-order valence-electron chi connectivity index (χ0n) is 14.3. The van der Waals surface area contributed by atoms with Crippen LogP contribution in [-0.2, 0) is 0 Å². The second-order valence-electron chi connectivity index (χ2n) is 6.55. The first kappa shape index (κ1) is 16.0. The van der Waals surface area contributed by atoms with Gasteiger partial charge in [0.05, 0.1) is 16.9 Å². The van der Waals surface area contributed by atoms with Crippen LogP contribution in [0, 0.1) is 5.82 Å². The molecule has 1 saturated heterocycles. The molecule has 4 heteroatoms. The Morgan fingerprint density at radius 3 is 2.48 bits per heavy atom. The maximum atomic E-state index is 13.4. The predicted octanol–water partition coefficient (Wildman–Crippen LogP) is 4.55. The Bertz CT molecular complexity index is 884. The highest BCUT2D eigenvalue weighted by Gasteiger charge is 2.24. The largest absolute Gasteiger partial charge is 0.386 e. The lowest BCUT2D eigenvalue weighted by molar-refractivity contribution is 0.463. The average molecular weight is 335 g/mol. The Morgan fingerprint density at radius 2 is 1.76 bits per heavy atom. The van der Waals surface area contributed by atoms with Crippen molar-refractivity contribution in [1.82, 2.24) is 10.3 Å². The van der Waals surface area contributed by atoms with E-state index in [0.717, 1.165) is 48.4 Å². The van der Waals surface area contributed by atoms with E-state index in [2.05, 4.69) is 28.8 Å². The van der Waals surface area contributed by atoms with Crippen molar-refractivity contribution >= 4 is 16.6 Å². The molecular weight excluding hydrogens is 313 g/mol. The molecular formula is C21H22FN3. The van der Waals surface area contributed by atoms with Gasteiger partial charge < -0.3 is 10.6 Å². The van der Waals surface area contributed by atoms with Crippen LogP contribution in [0.5, 0.6) is 0 Å². The second kappa shape index (κ2) is 6.81. The smallest absolute Gasteiger partial charge is 0.123 e. The van der Waals surface area contributed by atoms with Gasteiger partial charge in [-0.15, -0.1) is 0 Å². The Morgan fingerprint density at radius 1 is 1.04 bits per heavy atom. The number of halogens is 1. The average Bonchev–Trinajstić information content (AvgIpc) is 2.67. The lowest BCUT2D eigenvalue weighted by Gasteiger charge is -2.27. The van der Waals surface area contributed by atoms with Gasteiger partial charge in [0.25, 0.3) is 0 Å². The fraction of sp³-hybridized carbons (Fsp3) is 0.286. The zero-order valence-corrected chi connectivity index (χ0v) is 14.3. The van der Waals surface area contributed by atoms with Crippen molar-refractivity contribution in [3.05, 3.63) is 59.9 Å². The van der Waals surface area contributed by atoms with Crippen LogP contribution < -0.4 is 10.6 Å². The Hall–Kier alpha value is -2.46.